The van der Waals surface area contributed by atoms with Gasteiger partial charge in [-0.15, -0.1) is 0 Å². The molecule has 1 atom stereocenters. The Balaban J connectivity index is 2.20. The molecule has 0 amide bonds. The van der Waals surface area contributed by atoms with Crippen molar-refractivity contribution in [2.45, 2.75) is 25.1 Å². The summed E-state index contributed by atoms with van der Waals surface area (Å²) in [7, 11) is 1.38. The Morgan fingerprint density at radius 3 is 2.00 bits per heavy atom. The highest BCUT2D eigenvalue weighted by Crippen LogP contribution is 2.63. The molecule has 0 heterocycles. The quantitative estimate of drug-likeness (QED) is 0.589. The Labute approximate surface area is 150 Å². The molecule has 0 fully saturated rings. The Kier molecular flexibility index (Phi) is 4.33. The average Bonchev–Trinajstić information content (AvgIpc) is 3.34. The first-order chi connectivity index (χ1) is 11.9. The maximum Gasteiger partial charge on any atom is 0.324 e. The Hall–Kier alpha value is -2.33. The lowest BCUT2D eigenvalue weighted by Crippen LogP contribution is -2.34. The monoisotopic (exact) mass is 352 g/mol. The number of methoxy groups -OCH3 is 2. The zero-order valence-corrected chi connectivity index (χ0v) is 16.4. The third kappa shape index (κ3) is 2.70. The van der Waals surface area contributed by atoms with Crippen LogP contribution in [0.1, 0.15) is 11.1 Å². The third-order valence-corrected chi connectivity index (χ3v) is 6.89. The molecule has 0 bridgehead atoms. The summed E-state index contributed by atoms with van der Waals surface area (Å²) >= 11 is 0. The average molecular weight is 353 g/mol. The minimum Gasteiger partial charge on any atom is -0.497 e. The second-order valence-corrected chi connectivity index (χ2v) is 12.3. The van der Waals surface area contributed by atoms with Crippen LogP contribution >= 0.6 is 0 Å². The van der Waals surface area contributed by atoms with Crippen LogP contribution in [0.25, 0.3) is 5.57 Å². The van der Waals surface area contributed by atoms with Gasteiger partial charge in [0.1, 0.15) is 11.2 Å². The van der Waals surface area contributed by atoms with Crippen molar-refractivity contribution in [1.82, 2.24) is 0 Å². The van der Waals surface area contributed by atoms with Crippen molar-refractivity contribution in [2.24, 2.45) is 0 Å². The van der Waals surface area contributed by atoms with E-state index in [1.807, 2.05) is 54.6 Å². The predicted molar refractivity (Wildman–Crippen MR) is 103 cm³/mol. The van der Waals surface area contributed by atoms with Gasteiger partial charge in [-0.3, -0.25) is 4.79 Å². The number of benzene rings is 2. The van der Waals surface area contributed by atoms with Crippen LogP contribution in [0.15, 0.2) is 59.8 Å². The summed E-state index contributed by atoms with van der Waals surface area (Å²) in [6.45, 7) is 6.83. The highest BCUT2D eigenvalue weighted by molar-refractivity contribution is 6.87. The molecular weight excluding hydrogens is 328 g/mol. The molecule has 0 aromatic heterocycles. The van der Waals surface area contributed by atoms with E-state index in [1.54, 1.807) is 7.11 Å². The summed E-state index contributed by atoms with van der Waals surface area (Å²) in [6.07, 6.45) is 0. The van der Waals surface area contributed by atoms with E-state index in [1.165, 1.54) is 12.3 Å². The van der Waals surface area contributed by atoms with Gasteiger partial charge < -0.3 is 9.47 Å². The van der Waals surface area contributed by atoms with Gasteiger partial charge in [0.15, 0.2) is 0 Å². The number of rotatable bonds is 5. The number of esters is 1. The fraction of sp³-hybridized carbons (Fsp3) is 0.286. The zero-order chi connectivity index (χ0) is 18.2. The van der Waals surface area contributed by atoms with Crippen LogP contribution < -0.4 is 4.74 Å². The largest absolute Gasteiger partial charge is 0.497 e. The second-order valence-electron chi connectivity index (χ2n) is 7.34. The molecule has 3 nitrogen and oxygen atoms in total. The van der Waals surface area contributed by atoms with Crippen LogP contribution in [0.3, 0.4) is 0 Å². The highest BCUT2D eigenvalue weighted by Gasteiger charge is 2.64. The molecule has 25 heavy (non-hydrogen) atoms. The molecule has 0 spiro atoms. The zero-order valence-electron chi connectivity index (χ0n) is 15.4. The third-order valence-electron chi connectivity index (χ3n) is 4.76. The SMILES string of the molecule is COC(=O)C1(c2ccccc2)C(c2ccc(OC)cc2)=C1[Si](C)(C)C. The van der Waals surface area contributed by atoms with E-state index >= 15 is 0 Å². The molecule has 2 aromatic carbocycles. The second kappa shape index (κ2) is 6.19. The Bertz CT molecular complexity index is 816. The summed E-state index contributed by atoms with van der Waals surface area (Å²) in [6, 6.07) is 17.9. The fourth-order valence-electron chi connectivity index (χ4n) is 3.79. The summed E-state index contributed by atoms with van der Waals surface area (Å²) in [5.41, 5.74) is 2.42. The molecule has 1 unspecified atom stereocenters. The van der Waals surface area contributed by atoms with Crippen LogP contribution in [0.5, 0.6) is 5.75 Å². The van der Waals surface area contributed by atoms with Gasteiger partial charge in [0.05, 0.1) is 22.3 Å². The van der Waals surface area contributed by atoms with Gasteiger partial charge in [0, 0.05) is 0 Å². The summed E-state index contributed by atoms with van der Waals surface area (Å²) in [5, 5.41) is 1.25. The summed E-state index contributed by atoms with van der Waals surface area (Å²) in [4.78, 5) is 13.0. The molecule has 0 radical (unpaired) electrons. The van der Waals surface area contributed by atoms with Crippen LogP contribution in [0.2, 0.25) is 19.6 Å². The normalized spacial score (nSPS) is 19.6. The molecule has 0 N–H and O–H groups in total. The van der Waals surface area contributed by atoms with Gasteiger partial charge in [0.25, 0.3) is 0 Å². The lowest BCUT2D eigenvalue weighted by atomic mass is 9.88. The molecular formula is C21H24O3Si. The number of hydrogen-bond acceptors (Lipinski definition) is 3. The topological polar surface area (TPSA) is 35.5 Å². The van der Waals surface area contributed by atoms with E-state index in [-0.39, 0.29) is 5.97 Å². The van der Waals surface area contributed by atoms with Crippen LogP contribution in [0, 0.1) is 0 Å². The Morgan fingerprint density at radius 2 is 1.52 bits per heavy atom. The lowest BCUT2D eigenvalue weighted by Gasteiger charge is -2.23. The van der Waals surface area contributed by atoms with Crippen molar-refractivity contribution in [1.29, 1.82) is 0 Å². The van der Waals surface area contributed by atoms with E-state index in [9.17, 15) is 4.79 Å². The van der Waals surface area contributed by atoms with Gasteiger partial charge in [0.2, 0.25) is 0 Å². The first-order valence-electron chi connectivity index (χ1n) is 8.41. The van der Waals surface area contributed by atoms with E-state index in [4.69, 9.17) is 9.47 Å². The van der Waals surface area contributed by atoms with Crippen molar-refractivity contribution < 1.29 is 14.3 Å². The molecule has 1 aliphatic carbocycles. The molecule has 0 saturated heterocycles. The molecule has 4 heteroatoms. The highest BCUT2D eigenvalue weighted by atomic mass is 28.3. The molecule has 0 saturated carbocycles. The van der Waals surface area contributed by atoms with E-state index < -0.39 is 13.5 Å². The van der Waals surface area contributed by atoms with Gasteiger partial charge in [-0.1, -0.05) is 67.3 Å². The van der Waals surface area contributed by atoms with E-state index in [0.29, 0.717) is 0 Å². The van der Waals surface area contributed by atoms with Crippen LogP contribution in [0.4, 0.5) is 0 Å². The number of carbonyl (C=O) groups is 1. The minimum atomic E-state index is -1.74. The van der Waals surface area contributed by atoms with Crippen molar-refractivity contribution in [3.8, 4) is 5.75 Å². The maximum absolute atomic E-state index is 13.0. The van der Waals surface area contributed by atoms with Crippen molar-refractivity contribution in [3.63, 3.8) is 0 Å². The van der Waals surface area contributed by atoms with Crippen molar-refractivity contribution >= 4 is 19.6 Å². The molecule has 130 valence electrons. The fourth-order valence-corrected chi connectivity index (χ4v) is 6.30. The summed E-state index contributed by atoms with van der Waals surface area (Å²) < 4.78 is 10.5. The van der Waals surface area contributed by atoms with Gasteiger partial charge >= 0.3 is 5.97 Å². The minimum absolute atomic E-state index is 0.193. The predicted octanol–water partition coefficient (Wildman–Crippen LogP) is 4.45. The standard InChI is InChI=1S/C21H24O3Si/c1-23-17-13-11-15(12-14-17)18-19(25(3,4)5)21(18,20(22)24-2)16-9-7-6-8-10-16/h6-14H,1-5H3. The molecule has 0 aliphatic heterocycles. The van der Waals surface area contributed by atoms with Crippen molar-refractivity contribution in [2.75, 3.05) is 14.2 Å². The smallest absolute Gasteiger partial charge is 0.324 e. The number of carbonyl (C=O) groups excluding carboxylic acids is 1. The maximum atomic E-state index is 13.0. The van der Waals surface area contributed by atoms with Crippen molar-refractivity contribution in [3.05, 3.63) is 70.9 Å². The van der Waals surface area contributed by atoms with E-state index in [2.05, 4.69) is 19.6 Å². The van der Waals surface area contributed by atoms with Crippen LogP contribution in [-0.2, 0) is 14.9 Å². The number of ether oxygens (including phenoxy) is 2. The van der Waals surface area contributed by atoms with Gasteiger partial charge in [-0.2, -0.15) is 0 Å². The molecule has 3 rings (SSSR count). The van der Waals surface area contributed by atoms with Gasteiger partial charge in [-0.25, -0.2) is 0 Å². The molecule has 1 aliphatic rings. The van der Waals surface area contributed by atoms with Gasteiger partial charge in [-0.05, 0) is 28.8 Å². The lowest BCUT2D eigenvalue weighted by molar-refractivity contribution is -0.142. The number of hydrogen-bond donors (Lipinski definition) is 0. The summed E-state index contributed by atoms with van der Waals surface area (Å²) in [5.74, 6) is 0.616. The molecule has 2 aromatic rings. The first-order valence-corrected chi connectivity index (χ1v) is 11.9. The van der Waals surface area contributed by atoms with Crippen LogP contribution in [-0.4, -0.2) is 28.3 Å². The Morgan fingerprint density at radius 1 is 0.920 bits per heavy atom. The first kappa shape index (κ1) is 17.5. The van der Waals surface area contributed by atoms with E-state index in [0.717, 1.165) is 22.4 Å².